The van der Waals surface area contributed by atoms with Gasteiger partial charge in [0.05, 0.1) is 0 Å². The molecule has 0 fully saturated rings. The lowest BCUT2D eigenvalue weighted by Crippen LogP contribution is -1.95. The third-order valence-corrected chi connectivity index (χ3v) is 6.30. The van der Waals surface area contributed by atoms with Crippen molar-refractivity contribution >= 4 is 0 Å². The Morgan fingerprint density at radius 1 is 0.414 bits per heavy atom. The van der Waals surface area contributed by atoms with Gasteiger partial charge in [0, 0.05) is 12.8 Å². The molecule has 0 amide bonds. The van der Waals surface area contributed by atoms with Gasteiger partial charge in [0.25, 0.3) is 0 Å². The Morgan fingerprint density at radius 3 is 1.24 bits per heavy atom. The van der Waals surface area contributed by atoms with Crippen LogP contribution in [-0.2, 0) is 0 Å². The number of unbranched alkanes of at least 4 members (excludes halogenated alkanes) is 18. The molecule has 0 spiro atoms. The fraction of sp³-hybridized carbons (Fsp3) is 0.931. The van der Waals surface area contributed by atoms with E-state index in [1.165, 1.54) is 135 Å². The topological polar surface area (TPSA) is 0 Å². The van der Waals surface area contributed by atoms with Gasteiger partial charge in [-0.3, -0.25) is 0 Å². The monoisotopic (exact) mass is 404 g/mol. The predicted octanol–water partition coefficient (Wildman–Crippen LogP) is 10.6. The van der Waals surface area contributed by atoms with Crippen LogP contribution in [0, 0.1) is 17.8 Å². The highest BCUT2D eigenvalue weighted by Gasteiger charge is 2.02. The average molecular weight is 405 g/mol. The highest BCUT2D eigenvalue weighted by molar-refractivity contribution is 4.98. The number of hydrogen-bond acceptors (Lipinski definition) is 0. The van der Waals surface area contributed by atoms with Crippen LogP contribution >= 0.6 is 0 Å². The lowest BCUT2D eigenvalue weighted by Gasteiger charge is -2.11. The van der Waals surface area contributed by atoms with Crippen molar-refractivity contribution in [2.75, 3.05) is 0 Å². The minimum Gasteiger partial charge on any atom is -0.103 e. The molecule has 0 aromatic heterocycles. The van der Waals surface area contributed by atoms with Crippen LogP contribution in [-0.4, -0.2) is 0 Å². The molecule has 0 saturated heterocycles. The van der Waals surface area contributed by atoms with Crippen molar-refractivity contribution < 1.29 is 0 Å². The maximum atomic E-state index is 3.30. The predicted molar refractivity (Wildman–Crippen MR) is 134 cm³/mol. The minimum absolute atomic E-state index is 0.963. The van der Waals surface area contributed by atoms with E-state index < -0.39 is 0 Å². The van der Waals surface area contributed by atoms with Crippen molar-refractivity contribution in [2.24, 2.45) is 5.92 Å². The third kappa shape index (κ3) is 25.5. The lowest BCUT2D eigenvalue weighted by atomic mass is 9.96. The van der Waals surface area contributed by atoms with E-state index in [1.807, 2.05) is 0 Å². The van der Waals surface area contributed by atoms with Gasteiger partial charge in [-0.05, 0) is 18.8 Å². The first kappa shape index (κ1) is 28.6. The first-order valence-corrected chi connectivity index (χ1v) is 13.8. The van der Waals surface area contributed by atoms with Gasteiger partial charge >= 0.3 is 0 Å². The fourth-order valence-corrected chi connectivity index (χ4v) is 4.19. The highest BCUT2D eigenvalue weighted by Crippen LogP contribution is 2.19. The summed E-state index contributed by atoms with van der Waals surface area (Å²) in [5.74, 6) is 7.51. The Kier molecular flexibility index (Phi) is 25.2. The summed E-state index contributed by atoms with van der Waals surface area (Å²) in [6.07, 6.45) is 32.3. The van der Waals surface area contributed by atoms with Crippen molar-refractivity contribution in [2.45, 2.75) is 168 Å². The summed E-state index contributed by atoms with van der Waals surface area (Å²) >= 11 is 0. The Balaban J connectivity index is 3.13. The molecule has 0 aliphatic heterocycles. The molecule has 0 rings (SSSR count). The molecule has 1 atom stereocenters. The summed E-state index contributed by atoms with van der Waals surface area (Å²) in [6.45, 7) is 6.98. The molecule has 0 radical (unpaired) electrons. The van der Waals surface area contributed by atoms with Gasteiger partial charge in [-0.25, -0.2) is 0 Å². The van der Waals surface area contributed by atoms with Crippen LogP contribution in [0.2, 0.25) is 0 Å². The molecule has 0 bridgehead atoms. The Hall–Kier alpha value is -0.440. The fourth-order valence-electron chi connectivity index (χ4n) is 4.19. The second-order valence-electron chi connectivity index (χ2n) is 9.55. The Labute approximate surface area is 186 Å². The molecule has 0 heterocycles. The van der Waals surface area contributed by atoms with Crippen LogP contribution in [0.1, 0.15) is 168 Å². The van der Waals surface area contributed by atoms with Crippen molar-refractivity contribution in [1.82, 2.24) is 0 Å². The molecule has 29 heavy (non-hydrogen) atoms. The molecule has 0 aromatic carbocycles. The molecule has 0 aliphatic carbocycles. The van der Waals surface area contributed by atoms with E-state index in [-0.39, 0.29) is 0 Å². The molecular formula is C29H56. The molecular weight excluding hydrogens is 348 g/mol. The zero-order valence-electron chi connectivity index (χ0n) is 20.8. The van der Waals surface area contributed by atoms with Crippen LogP contribution in [0.4, 0.5) is 0 Å². The van der Waals surface area contributed by atoms with E-state index >= 15 is 0 Å². The molecule has 0 aromatic rings. The van der Waals surface area contributed by atoms with Gasteiger partial charge in [0.1, 0.15) is 0 Å². The van der Waals surface area contributed by atoms with Crippen molar-refractivity contribution in [3.05, 3.63) is 0 Å². The van der Waals surface area contributed by atoms with Gasteiger partial charge in [-0.2, -0.15) is 0 Å². The van der Waals surface area contributed by atoms with Crippen molar-refractivity contribution in [3.63, 3.8) is 0 Å². The van der Waals surface area contributed by atoms with E-state index in [9.17, 15) is 0 Å². The van der Waals surface area contributed by atoms with Crippen LogP contribution in [0.15, 0.2) is 0 Å². The van der Waals surface area contributed by atoms with Gasteiger partial charge in [0.15, 0.2) is 0 Å². The maximum Gasteiger partial charge on any atom is 0.00886 e. The summed E-state index contributed by atoms with van der Waals surface area (Å²) in [7, 11) is 0. The zero-order chi connectivity index (χ0) is 21.3. The summed E-state index contributed by atoms with van der Waals surface area (Å²) in [5.41, 5.74) is 0. The molecule has 0 aliphatic rings. The Morgan fingerprint density at radius 2 is 0.793 bits per heavy atom. The largest absolute Gasteiger partial charge is 0.103 e. The van der Waals surface area contributed by atoms with Gasteiger partial charge in [-0.15, -0.1) is 11.8 Å². The van der Waals surface area contributed by atoms with E-state index in [2.05, 4.69) is 32.6 Å². The van der Waals surface area contributed by atoms with Gasteiger partial charge in [-0.1, -0.05) is 143 Å². The molecule has 0 saturated carbocycles. The molecule has 172 valence electrons. The first-order valence-electron chi connectivity index (χ1n) is 13.8. The first-order chi connectivity index (χ1) is 14.3. The lowest BCUT2D eigenvalue weighted by molar-refractivity contribution is 0.430. The van der Waals surface area contributed by atoms with E-state index in [1.54, 1.807) is 0 Å². The zero-order valence-corrected chi connectivity index (χ0v) is 20.8. The molecule has 0 nitrogen and oxygen atoms in total. The van der Waals surface area contributed by atoms with Gasteiger partial charge < -0.3 is 0 Å². The smallest absolute Gasteiger partial charge is 0.00886 e. The second kappa shape index (κ2) is 25.6. The summed E-state index contributed by atoms with van der Waals surface area (Å²) in [4.78, 5) is 0. The van der Waals surface area contributed by atoms with Crippen LogP contribution < -0.4 is 0 Å². The van der Waals surface area contributed by atoms with E-state index in [4.69, 9.17) is 0 Å². The highest BCUT2D eigenvalue weighted by atomic mass is 14.1. The molecule has 0 heteroatoms. The van der Waals surface area contributed by atoms with E-state index in [0.717, 1.165) is 18.8 Å². The van der Waals surface area contributed by atoms with Crippen molar-refractivity contribution in [3.8, 4) is 11.8 Å². The number of hydrogen-bond donors (Lipinski definition) is 0. The van der Waals surface area contributed by atoms with Crippen LogP contribution in [0.25, 0.3) is 0 Å². The Bertz CT molecular complexity index is 345. The number of rotatable bonds is 22. The normalized spacial score (nSPS) is 12.0. The summed E-state index contributed by atoms with van der Waals surface area (Å²) < 4.78 is 0. The van der Waals surface area contributed by atoms with Crippen LogP contribution in [0.5, 0.6) is 0 Å². The van der Waals surface area contributed by atoms with Crippen molar-refractivity contribution in [1.29, 1.82) is 0 Å². The van der Waals surface area contributed by atoms with Crippen LogP contribution in [0.3, 0.4) is 0 Å². The average Bonchev–Trinajstić information content (AvgIpc) is 2.73. The molecule has 0 N–H and O–H groups in total. The minimum atomic E-state index is 0.963. The van der Waals surface area contributed by atoms with E-state index in [0.29, 0.717) is 0 Å². The second-order valence-corrected chi connectivity index (χ2v) is 9.55. The standard InChI is InChI=1S/C29H56/c1-4-6-8-10-12-13-14-15-16-17-18-19-20-21-22-24-26-28-29(3)27-25-23-11-9-7-5-2/h29H,4-7,9,11-28H2,1-3H3. The third-order valence-electron chi connectivity index (χ3n) is 6.30. The quantitative estimate of drug-likeness (QED) is 0.124. The maximum absolute atomic E-state index is 3.30. The SMILES string of the molecule is CCCC#CCCCCCCCCCCCCCCC(C)CCCCCCCC. The molecule has 1 unspecified atom stereocenters. The van der Waals surface area contributed by atoms with Gasteiger partial charge in [0.2, 0.25) is 0 Å². The summed E-state index contributed by atoms with van der Waals surface area (Å²) in [5, 5.41) is 0. The summed E-state index contributed by atoms with van der Waals surface area (Å²) in [6, 6.07) is 0.